The molecule has 4 aromatic rings. The number of hydrogen-bond acceptors (Lipinski definition) is 4. The largest absolute Gasteiger partial charge is 0.377 e. The molecule has 2 atom stereocenters. The molecular formula is C25H23ClN4O. The molecule has 2 N–H and O–H groups in total. The molecule has 1 aromatic heterocycles. The Bertz CT molecular complexity index is 1300. The van der Waals surface area contributed by atoms with Gasteiger partial charge in [0.15, 0.2) is 0 Å². The third kappa shape index (κ3) is 3.60. The number of rotatable bonds is 4. The van der Waals surface area contributed by atoms with Crippen LogP contribution in [-0.2, 0) is 6.54 Å². The number of H-pyrrole nitrogens is 1. The fourth-order valence-corrected chi connectivity index (χ4v) is 4.62. The summed E-state index contributed by atoms with van der Waals surface area (Å²) in [5, 5.41) is 13.1. The zero-order valence-corrected chi connectivity index (χ0v) is 18.1. The molecule has 0 saturated carbocycles. The molecule has 6 heteroatoms. The van der Waals surface area contributed by atoms with Crippen molar-refractivity contribution in [2.75, 3.05) is 19.4 Å². The zero-order valence-electron chi connectivity index (χ0n) is 17.4. The van der Waals surface area contributed by atoms with Gasteiger partial charge in [0.25, 0.3) is 5.56 Å². The SMILES string of the molecule is CN(C)Cc1ccc(C2Nc3cccc4c(=O)[nH]nc(c34)C2c2ccc(Cl)cc2)cc1. The molecule has 31 heavy (non-hydrogen) atoms. The first-order valence-electron chi connectivity index (χ1n) is 10.3. The molecular weight excluding hydrogens is 408 g/mol. The van der Waals surface area contributed by atoms with Gasteiger partial charge in [-0.05, 0) is 55.1 Å². The van der Waals surface area contributed by atoms with Gasteiger partial charge in [-0.15, -0.1) is 0 Å². The summed E-state index contributed by atoms with van der Waals surface area (Å²) in [6.07, 6.45) is 0. The minimum Gasteiger partial charge on any atom is -0.377 e. The van der Waals surface area contributed by atoms with Crippen LogP contribution >= 0.6 is 11.6 Å². The third-order valence-corrected chi connectivity index (χ3v) is 6.10. The Morgan fingerprint density at radius 3 is 2.39 bits per heavy atom. The van der Waals surface area contributed by atoms with Gasteiger partial charge in [-0.3, -0.25) is 4.79 Å². The second-order valence-corrected chi connectivity index (χ2v) is 8.73. The highest BCUT2D eigenvalue weighted by molar-refractivity contribution is 6.30. The van der Waals surface area contributed by atoms with Gasteiger partial charge in [-0.25, -0.2) is 5.10 Å². The van der Waals surface area contributed by atoms with Crippen LogP contribution in [0, 0.1) is 0 Å². The Kier molecular flexibility index (Phi) is 5.00. The molecule has 0 bridgehead atoms. The van der Waals surface area contributed by atoms with Crippen molar-refractivity contribution in [3.05, 3.63) is 104 Å². The van der Waals surface area contributed by atoms with Crippen molar-refractivity contribution in [2.45, 2.75) is 18.5 Å². The maximum absolute atomic E-state index is 12.4. The number of nitrogens with zero attached hydrogens (tertiary/aromatic N) is 2. The second-order valence-electron chi connectivity index (χ2n) is 8.30. The molecule has 0 fully saturated rings. The van der Waals surface area contributed by atoms with E-state index in [-0.39, 0.29) is 17.5 Å². The number of aromatic nitrogens is 2. The Hall–Kier alpha value is -3.15. The highest BCUT2D eigenvalue weighted by atomic mass is 35.5. The minimum absolute atomic E-state index is 0.0360. The minimum atomic E-state index is -0.177. The van der Waals surface area contributed by atoms with Crippen LogP contribution in [0.5, 0.6) is 0 Å². The standard InChI is InChI=1S/C25H23ClN4O/c1-30(2)14-15-6-8-17(9-7-15)23-21(16-10-12-18(26)13-11-16)24-22-19(25(31)29-28-24)4-3-5-20(22)27-23/h3-13,21,23,27H,14H2,1-2H3,(H,29,31). The van der Waals surface area contributed by atoms with Gasteiger partial charge < -0.3 is 10.2 Å². The van der Waals surface area contributed by atoms with Crippen molar-refractivity contribution in [1.29, 1.82) is 0 Å². The number of benzene rings is 3. The lowest BCUT2D eigenvalue weighted by Crippen LogP contribution is -2.28. The lowest BCUT2D eigenvalue weighted by molar-refractivity contribution is 0.402. The average molecular weight is 431 g/mol. The Morgan fingerprint density at radius 2 is 1.68 bits per heavy atom. The Morgan fingerprint density at radius 1 is 0.968 bits per heavy atom. The smallest absolute Gasteiger partial charge is 0.272 e. The fraction of sp³-hybridized carbons (Fsp3) is 0.200. The van der Waals surface area contributed by atoms with Crippen LogP contribution in [-0.4, -0.2) is 29.2 Å². The molecule has 5 nitrogen and oxygen atoms in total. The van der Waals surface area contributed by atoms with E-state index in [1.54, 1.807) is 0 Å². The topological polar surface area (TPSA) is 61.0 Å². The zero-order chi connectivity index (χ0) is 21.5. The first-order valence-corrected chi connectivity index (χ1v) is 10.7. The van der Waals surface area contributed by atoms with Crippen molar-refractivity contribution in [3.8, 4) is 0 Å². The van der Waals surface area contributed by atoms with Crippen LogP contribution in [0.25, 0.3) is 10.8 Å². The van der Waals surface area contributed by atoms with Crippen molar-refractivity contribution in [3.63, 3.8) is 0 Å². The summed E-state index contributed by atoms with van der Waals surface area (Å²) in [5.41, 5.74) is 5.14. The van der Waals surface area contributed by atoms with E-state index in [4.69, 9.17) is 11.6 Å². The number of anilines is 1. The van der Waals surface area contributed by atoms with Crippen LogP contribution < -0.4 is 10.9 Å². The molecule has 1 aliphatic rings. The summed E-state index contributed by atoms with van der Waals surface area (Å²) in [4.78, 5) is 14.6. The Labute approximate surface area is 185 Å². The molecule has 3 aromatic carbocycles. The van der Waals surface area contributed by atoms with E-state index in [2.05, 4.69) is 58.8 Å². The van der Waals surface area contributed by atoms with Gasteiger partial charge in [-0.1, -0.05) is 54.1 Å². The first kappa shape index (κ1) is 19.8. The Balaban J connectivity index is 1.68. The molecule has 0 saturated heterocycles. The highest BCUT2D eigenvalue weighted by Gasteiger charge is 2.34. The fourth-order valence-electron chi connectivity index (χ4n) is 4.49. The van der Waals surface area contributed by atoms with Crippen LogP contribution in [0.1, 0.15) is 34.3 Å². The number of hydrogen-bond donors (Lipinski definition) is 2. The lowest BCUT2D eigenvalue weighted by atomic mass is 9.80. The molecule has 5 rings (SSSR count). The van der Waals surface area contributed by atoms with Crippen molar-refractivity contribution in [1.82, 2.24) is 15.1 Å². The summed E-state index contributed by atoms with van der Waals surface area (Å²) in [6.45, 7) is 0.893. The summed E-state index contributed by atoms with van der Waals surface area (Å²) in [5.74, 6) is -0.0776. The molecule has 0 aliphatic carbocycles. The van der Waals surface area contributed by atoms with Gasteiger partial charge in [0, 0.05) is 22.6 Å². The monoisotopic (exact) mass is 430 g/mol. The molecule has 1 aliphatic heterocycles. The van der Waals surface area contributed by atoms with Gasteiger partial charge in [-0.2, -0.15) is 5.10 Å². The van der Waals surface area contributed by atoms with Crippen LogP contribution in [0.3, 0.4) is 0 Å². The van der Waals surface area contributed by atoms with E-state index < -0.39 is 0 Å². The van der Waals surface area contributed by atoms with E-state index in [0.717, 1.165) is 34.4 Å². The maximum Gasteiger partial charge on any atom is 0.272 e. The molecule has 0 amide bonds. The van der Waals surface area contributed by atoms with E-state index in [0.29, 0.717) is 10.4 Å². The van der Waals surface area contributed by atoms with Crippen LogP contribution in [0.2, 0.25) is 5.02 Å². The van der Waals surface area contributed by atoms with Gasteiger partial charge in [0.1, 0.15) is 0 Å². The summed E-state index contributed by atoms with van der Waals surface area (Å²) >= 11 is 6.16. The molecule has 2 heterocycles. The van der Waals surface area contributed by atoms with Gasteiger partial charge in [0.2, 0.25) is 0 Å². The quantitative estimate of drug-likeness (QED) is 0.481. The number of nitrogens with one attached hydrogen (secondary N) is 2. The second kappa shape index (κ2) is 7.84. The molecule has 0 spiro atoms. The predicted molar refractivity (Wildman–Crippen MR) is 126 cm³/mol. The van der Waals surface area contributed by atoms with Gasteiger partial charge >= 0.3 is 0 Å². The van der Waals surface area contributed by atoms with Crippen molar-refractivity contribution < 1.29 is 0 Å². The summed E-state index contributed by atoms with van der Waals surface area (Å²) < 4.78 is 0. The normalized spacial score (nSPS) is 17.7. The van der Waals surface area contributed by atoms with E-state index >= 15 is 0 Å². The predicted octanol–water partition coefficient (Wildman–Crippen LogP) is 4.94. The van der Waals surface area contributed by atoms with E-state index in [9.17, 15) is 4.79 Å². The van der Waals surface area contributed by atoms with Crippen LogP contribution in [0.15, 0.2) is 71.5 Å². The molecule has 156 valence electrons. The third-order valence-electron chi connectivity index (χ3n) is 5.85. The van der Waals surface area contributed by atoms with E-state index in [1.807, 2.05) is 42.5 Å². The van der Waals surface area contributed by atoms with Crippen molar-refractivity contribution in [2.24, 2.45) is 0 Å². The first-order chi connectivity index (χ1) is 15.0. The van der Waals surface area contributed by atoms with E-state index in [1.165, 1.54) is 5.56 Å². The summed E-state index contributed by atoms with van der Waals surface area (Å²) in [6, 6.07) is 22.3. The molecule has 2 unspecified atom stereocenters. The van der Waals surface area contributed by atoms with Crippen molar-refractivity contribution >= 4 is 28.1 Å². The van der Waals surface area contributed by atoms with Gasteiger partial charge in [0.05, 0.1) is 23.0 Å². The average Bonchev–Trinajstić information content (AvgIpc) is 2.77. The number of halogens is 1. The summed E-state index contributed by atoms with van der Waals surface area (Å²) in [7, 11) is 4.13. The lowest BCUT2D eigenvalue weighted by Gasteiger charge is -2.35. The number of aromatic amines is 1. The van der Waals surface area contributed by atoms with Crippen LogP contribution in [0.4, 0.5) is 5.69 Å². The maximum atomic E-state index is 12.4. The highest BCUT2D eigenvalue weighted by Crippen LogP contribution is 2.46. The molecule has 0 radical (unpaired) electrons.